The van der Waals surface area contributed by atoms with E-state index in [0.29, 0.717) is 5.56 Å². The number of carboxylic acids is 1. The number of carboxylic acid groups (broad SMARTS) is 1. The van der Waals surface area contributed by atoms with Crippen LogP contribution in [0.25, 0.3) is 11.1 Å². The third-order valence-electron chi connectivity index (χ3n) is 4.14. The number of amides is 1. The predicted molar refractivity (Wildman–Crippen MR) is 106 cm³/mol. The molecule has 5 nitrogen and oxygen atoms in total. The molecule has 0 fully saturated rings. The molecule has 0 aliphatic rings. The van der Waals surface area contributed by atoms with E-state index >= 15 is 0 Å². The maximum atomic E-state index is 13.6. The van der Waals surface area contributed by atoms with Crippen molar-refractivity contribution < 1.29 is 23.8 Å². The van der Waals surface area contributed by atoms with Crippen LogP contribution in [0.2, 0.25) is 0 Å². The highest BCUT2D eigenvalue weighted by Crippen LogP contribution is 2.30. The number of rotatable bonds is 5. The summed E-state index contributed by atoms with van der Waals surface area (Å²) in [5, 5.41) is 11.9. The molecular formula is C22H26FNO4. The van der Waals surface area contributed by atoms with Crippen molar-refractivity contribution in [2.75, 3.05) is 0 Å². The fourth-order valence-electron chi connectivity index (χ4n) is 3.15. The molecule has 2 aromatic rings. The van der Waals surface area contributed by atoms with Gasteiger partial charge in [-0.3, -0.25) is 4.79 Å². The SMILES string of the molecule is Cc1cc(F)cc(C)c1-c1cccc([C@H](CC(=O)O)NC(=O)OC(C)(C)C)c1. The Bertz CT molecular complexity index is 863. The summed E-state index contributed by atoms with van der Waals surface area (Å²) in [4.78, 5) is 23.5. The van der Waals surface area contributed by atoms with Crippen molar-refractivity contribution >= 4 is 12.1 Å². The fraction of sp³-hybridized carbons (Fsp3) is 0.364. The highest BCUT2D eigenvalue weighted by atomic mass is 19.1. The zero-order chi connectivity index (χ0) is 21.1. The molecule has 0 aromatic heterocycles. The Morgan fingerprint density at radius 1 is 1.14 bits per heavy atom. The van der Waals surface area contributed by atoms with Crippen LogP contribution in [0.4, 0.5) is 9.18 Å². The van der Waals surface area contributed by atoms with E-state index in [1.165, 1.54) is 12.1 Å². The normalized spacial score (nSPS) is 12.4. The first-order valence-electron chi connectivity index (χ1n) is 9.04. The lowest BCUT2D eigenvalue weighted by Crippen LogP contribution is -2.35. The first kappa shape index (κ1) is 21.4. The van der Waals surface area contributed by atoms with Crippen LogP contribution in [-0.4, -0.2) is 22.8 Å². The van der Waals surface area contributed by atoms with Crippen LogP contribution >= 0.6 is 0 Å². The Balaban J connectivity index is 2.39. The number of aliphatic carboxylic acids is 1. The van der Waals surface area contributed by atoms with E-state index in [1.807, 2.05) is 26.0 Å². The Labute approximate surface area is 164 Å². The van der Waals surface area contributed by atoms with Crippen molar-refractivity contribution in [2.24, 2.45) is 0 Å². The molecule has 0 heterocycles. The summed E-state index contributed by atoms with van der Waals surface area (Å²) >= 11 is 0. The molecule has 0 aliphatic carbocycles. The quantitative estimate of drug-likeness (QED) is 0.744. The molecular weight excluding hydrogens is 361 g/mol. The number of carbonyl (C=O) groups is 2. The minimum absolute atomic E-state index is 0.288. The van der Waals surface area contributed by atoms with Crippen molar-refractivity contribution in [1.82, 2.24) is 5.32 Å². The predicted octanol–water partition coefficient (Wildman–Crippen LogP) is 5.15. The summed E-state index contributed by atoms with van der Waals surface area (Å²) < 4.78 is 18.9. The average molecular weight is 387 g/mol. The van der Waals surface area contributed by atoms with Crippen molar-refractivity contribution in [3.63, 3.8) is 0 Å². The number of benzene rings is 2. The lowest BCUT2D eigenvalue weighted by atomic mass is 9.92. The maximum Gasteiger partial charge on any atom is 0.408 e. The van der Waals surface area contributed by atoms with Gasteiger partial charge in [0.2, 0.25) is 0 Å². The van der Waals surface area contributed by atoms with Crippen molar-refractivity contribution in [1.29, 1.82) is 0 Å². The van der Waals surface area contributed by atoms with E-state index in [-0.39, 0.29) is 12.2 Å². The molecule has 0 saturated carbocycles. The number of nitrogens with one attached hydrogen (secondary N) is 1. The summed E-state index contributed by atoms with van der Waals surface area (Å²) in [6, 6.07) is 9.40. The molecule has 1 amide bonds. The second-order valence-corrected chi connectivity index (χ2v) is 7.84. The van der Waals surface area contributed by atoms with E-state index in [0.717, 1.165) is 22.3 Å². The van der Waals surface area contributed by atoms with Gasteiger partial charge in [-0.25, -0.2) is 9.18 Å². The molecule has 2 N–H and O–H groups in total. The smallest absolute Gasteiger partial charge is 0.408 e. The van der Waals surface area contributed by atoms with Crippen LogP contribution in [0.15, 0.2) is 36.4 Å². The van der Waals surface area contributed by atoms with E-state index in [1.54, 1.807) is 32.9 Å². The third kappa shape index (κ3) is 5.81. The number of carbonyl (C=O) groups excluding carboxylic acids is 1. The van der Waals surface area contributed by atoms with Gasteiger partial charge in [-0.05, 0) is 80.6 Å². The van der Waals surface area contributed by atoms with Crippen LogP contribution < -0.4 is 5.32 Å². The number of aryl methyl sites for hydroxylation is 2. The van der Waals surface area contributed by atoms with Crippen LogP contribution in [0.5, 0.6) is 0 Å². The Hall–Kier alpha value is -2.89. The second kappa shape index (κ2) is 8.42. The molecule has 1 atom stereocenters. The van der Waals surface area contributed by atoms with Gasteiger partial charge in [0, 0.05) is 0 Å². The van der Waals surface area contributed by atoms with Crippen LogP contribution in [0.3, 0.4) is 0 Å². The Kier molecular flexibility index (Phi) is 6.44. The van der Waals surface area contributed by atoms with Crippen LogP contribution in [0.1, 0.15) is 49.9 Å². The lowest BCUT2D eigenvalue weighted by Gasteiger charge is -2.23. The molecule has 0 unspecified atom stereocenters. The topological polar surface area (TPSA) is 75.6 Å². The van der Waals surface area contributed by atoms with Gasteiger partial charge in [-0.15, -0.1) is 0 Å². The monoisotopic (exact) mass is 387 g/mol. The van der Waals surface area contributed by atoms with Gasteiger partial charge in [-0.1, -0.05) is 18.2 Å². The molecule has 6 heteroatoms. The lowest BCUT2D eigenvalue weighted by molar-refractivity contribution is -0.137. The first-order valence-corrected chi connectivity index (χ1v) is 9.04. The van der Waals surface area contributed by atoms with Gasteiger partial charge < -0.3 is 15.2 Å². The second-order valence-electron chi connectivity index (χ2n) is 7.84. The van der Waals surface area contributed by atoms with Crippen LogP contribution in [-0.2, 0) is 9.53 Å². The summed E-state index contributed by atoms with van der Waals surface area (Å²) in [7, 11) is 0. The molecule has 0 radical (unpaired) electrons. The molecule has 0 spiro atoms. The Morgan fingerprint density at radius 3 is 2.29 bits per heavy atom. The standard InChI is InChI=1S/C22H26FNO4/c1-13-9-17(23)10-14(2)20(13)16-8-6-7-15(11-16)18(12-19(25)26)24-21(27)28-22(3,4)5/h6-11,18H,12H2,1-5H3,(H,24,27)(H,25,26)/t18-/m0/s1. The molecule has 0 aliphatic heterocycles. The van der Waals surface area contributed by atoms with E-state index in [4.69, 9.17) is 4.74 Å². The Morgan fingerprint density at radius 2 is 1.75 bits per heavy atom. The summed E-state index contributed by atoms with van der Waals surface area (Å²) in [6.45, 7) is 8.86. The largest absolute Gasteiger partial charge is 0.481 e. The molecule has 28 heavy (non-hydrogen) atoms. The zero-order valence-electron chi connectivity index (χ0n) is 16.8. The van der Waals surface area contributed by atoms with Crippen molar-refractivity contribution in [2.45, 2.75) is 52.7 Å². The zero-order valence-corrected chi connectivity index (χ0v) is 16.8. The van der Waals surface area contributed by atoms with Gasteiger partial charge in [-0.2, -0.15) is 0 Å². The molecule has 0 bridgehead atoms. The van der Waals surface area contributed by atoms with Crippen LogP contribution in [0, 0.1) is 19.7 Å². The summed E-state index contributed by atoms with van der Waals surface area (Å²) in [5.41, 5.74) is 3.22. The minimum atomic E-state index is -1.04. The van der Waals surface area contributed by atoms with Gasteiger partial charge in [0.05, 0.1) is 12.5 Å². The van der Waals surface area contributed by atoms with Crippen molar-refractivity contribution in [3.05, 3.63) is 58.9 Å². The van der Waals surface area contributed by atoms with Crippen molar-refractivity contribution in [3.8, 4) is 11.1 Å². The number of alkyl carbamates (subject to hydrolysis) is 1. The highest BCUT2D eigenvalue weighted by Gasteiger charge is 2.23. The maximum absolute atomic E-state index is 13.6. The van der Waals surface area contributed by atoms with E-state index < -0.39 is 23.7 Å². The molecule has 150 valence electrons. The van der Waals surface area contributed by atoms with E-state index in [9.17, 15) is 19.1 Å². The summed E-state index contributed by atoms with van der Waals surface area (Å²) in [6.07, 6.45) is -0.970. The number of ether oxygens (including phenoxy) is 1. The minimum Gasteiger partial charge on any atom is -0.481 e. The molecule has 2 rings (SSSR count). The fourth-order valence-corrected chi connectivity index (χ4v) is 3.15. The number of hydrogen-bond acceptors (Lipinski definition) is 3. The number of hydrogen-bond donors (Lipinski definition) is 2. The van der Waals surface area contributed by atoms with Gasteiger partial charge in [0.15, 0.2) is 0 Å². The van der Waals surface area contributed by atoms with Gasteiger partial charge in [0.25, 0.3) is 0 Å². The summed E-state index contributed by atoms with van der Waals surface area (Å²) in [5.74, 6) is -1.34. The highest BCUT2D eigenvalue weighted by molar-refractivity contribution is 5.74. The molecule has 0 saturated heterocycles. The third-order valence-corrected chi connectivity index (χ3v) is 4.14. The van der Waals surface area contributed by atoms with E-state index in [2.05, 4.69) is 5.32 Å². The molecule has 2 aromatic carbocycles. The van der Waals surface area contributed by atoms with Gasteiger partial charge >= 0.3 is 12.1 Å². The number of halogens is 1. The first-order chi connectivity index (χ1) is 13.0. The average Bonchev–Trinajstić information content (AvgIpc) is 2.51. The van der Waals surface area contributed by atoms with Gasteiger partial charge in [0.1, 0.15) is 11.4 Å².